The third kappa shape index (κ3) is 8.76. The smallest absolute Gasteiger partial charge is 0.336 e. The summed E-state index contributed by atoms with van der Waals surface area (Å²) in [5.74, 6) is -0.982. The van der Waals surface area contributed by atoms with Crippen molar-refractivity contribution >= 4 is 5.97 Å². The summed E-state index contributed by atoms with van der Waals surface area (Å²) in [7, 11) is 0. The van der Waals surface area contributed by atoms with Crippen molar-refractivity contribution in [1.82, 2.24) is 0 Å². The summed E-state index contributed by atoms with van der Waals surface area (Å²) in [5, 5.41) is 19.2. The maximum absolute atomic E-state index is 11.5. The van der Waals surface area contributed by atoms with Crippen molar-refractivity contribution in [2.45, 2.75) is 91.0 Å². The number of carboxylic acid groups (broad SMARTS) is 1. The van der Waals surface area contributed by atoms with Crippen LogP contribution in [0.2, 0.25) is 0 Å². The molecule has 154 valence electrons. The number of carbonyl (C=O) groups is 1. The first-order chi connectivity index (χ1) is 13.0. The molecule has 0 fully saturated rings. The van der Waals surface area contributed by atoms with E-state index >= 15 is 0 Å². The van der Waals surface area contributed by atoms with E-state index in [4.69, 9.17) is 9.47 Å². The molecule has 0 saturated carbocycles. The predicted octanol–water partition coefficient (Wildman–Crippen LogP) is 6.06. The fraction of sp³-hybridized carbons (Fsp3) is 0.682. The van der Waals surface area contributed by atoms with Crippen LogP contribution in [0.1, 0.15) is 101 Å². The molecule has 0 aromatic heterocycles. The molecule has 0 aliphatic rings. The fourth-order valence-electron chi connectivity index (χ4n) is 3.11. The lowest BCUT2D eigenvalue weighted by Crippen LogP contribution is -2.22. The third-order valence-corrected chi connectivity index (χ3v) is 4.63. The molecule has 2 N–H and O–H groups in total. The molecule has 0 radical (unpaired) electrons. The summed E-state index contributed by atoms with van der Waals surface area (Å²) in [4.78, 5) is 11.5. The first-order valence-electron chi connectivity index (χ1n) is 10.4. The number of ether oxygens (including phenoxy) is 2. The molecule has 0 aliphatic heterocycles. The Balaban J connectivity index is 2.65. The van der Waals surface area contributed by atoms with Gasteiger partial charge in [-0.25, -0.2) is 4.79 Å². The molecular weight excluding hydrogens is 344 g/mol. The highest BCUT2D eigenvalue weighted by Crippen LogP contribution is 2.30. The van der Waals surface area contributed by atoms with E-state index in [9.17, 15) is 15.0 Å². The minimum atomic E-state index is -1.02. The van der Waals surface area contributed by atoms with Gasteiger partial charge in [0.2, 0.25) is 0 Å². The zero-order valence-electron chi connectivity index (χ0n) is 17.1. The Morgan fingerprint density at radius 3 is 2.37 bits per heavy atom. The average Bonchev–Trinajstić information content (AvgIpc) is 2.64. The number of hydrogen-bond donors (Lipinski definition) is 2. The molecule has 1 aromatic rings. The molecule has 1 aromatic carbocycles. The topological polar surface area (TPSA) is 76.0 Å². The van der Waals surface area contributed by atoms with E-state index in [0.29, 0.717) is 18.6 Å². The largest absolute Gasteiger partial charge is 0.508 e. The molecule has 2 atom stereocenters. The SMILES string of the molecule is CCCCCCCCOC(CCC)OC(CC)c1cc(O)ccc1C(=O)O. The summed E-state index contributed by atoms with van der Waals surface area (Å²) in [6.07, 6.45) is 8.70. The first kappa shape index (κ1) is 23.4. The Morgan fingerprint density at radius 1 is 1.04 bits per heavy atom. The van der Waals surface area contributed by atoms with Gasteiger partial charge in [0.15, 0.2) is 6.29 Å². The van der Waals surface area contributed by atoms with Crippen LogP contribution >= 0.6 is 0 Å². The molecule has 0 bridgehead atoms. The number of aromatic hydroxyl groups is 1. The molecule has 5 heteroatoms. The van der Waals surface area contributed by atoms with Gasteiger partial charge in [0, 0.05) is 6.61 Å². The van der Waals surface area contributed by atoms with Gasteiger partial charge in [0.05, 0.1) is 11.7 Å². The van der Waals surface area contributed by atoms with E-state index < -0.39 is 12.1 Å². The van der Waals surface area contributed by atoms with Crippen LogP contribution in [0, 0.1) is 0 Å². The van der Waals surface area contributed by atoms with Gasteiger partial charge in [0.1, 0.15) is 5.75 Å². The van der Waals surface area contributed by atoms with Crippen molar-refractivity contribution in [1.29, 1.82) is 0 Å². The van der Waals surface area contributed by atoms with Crippen LogP contribution in [0.3, 0.4) is 0 Å². The van der Waals surface area contributed by atoms with Gasteiger partial charge in [-0.1, -0.05) is 59.3 Å². The summed E-state index contributed by atoms with van der Waals surface area (Å²) in [6, 6.07) is 4.29. The van der Waals surface area contributed by atoms with Crippen molar-refractivity contribution in [2.75, 3.05) is 6.61 Å². The summed E-state index contributed by atoms with van der Waals surface area (Å²) < 4.78 is 12.1. The quantitative estimate of drug-likeness (QED) is 0.286. The normalized spacial score (nSPS) is 13.4. The summed E-state index contributed by atoms with van der Waals surface area (Å²) >= 11 is 0. The number of phenolic OH excluding ortho intramolecular Hbond substituents is 1. The zero-order chi connectivity index (χ0) is 20.1. The lowest BCUT2D eigenvalue weighted by molar-refractivity contribution is -0.177. The highest BCUT2D eigenvalue weighted by Gasteiger charge is 2.22. The van der Waals surface area contributed by atoms with Gasteiger partial charge in [-0.2, -0.15) is 0 Å². The Morgan fingerprint density at radius 2 is 1.74 bits per heavy atom. The average molecular weight is 381 g/mol. The molecule has 0 amide bonds. The number of benzene rings is 1. The molecule has 5 nitrogen and oxygen atoms in total. The number of unbranched alkanes of at least 4 members (excludes halogenated alkanes) is 5. The minimum absolute atomic E-state index is 0.0390. The summed E-state index contributed by atoms with van der Waals surface area (Å²) in [6.45, 7) is 6.88. The van der Waals surface area contributed by atoms with Gasteiger partial charge in [-0.3, -0.25) is 0 Å². The van der Waals surface area contributed by atoms with Crippen LogP contribution < -0.4 is 0 Å². The fourth-order valence-corrected chi connectivity index (χ4v) is 3.11. The highest BCUT2D eigenvalue weighted by atomic mass is 16.7. The second-order valence-electron chi connectivity index (χ2n) is 6.97. The monoisotopic (exact) mass is 380 g/mol. The zero-order valence-corrected chi connectivity index (χ0v) is 17.1. The van der Waals surface area contributed by atoms with Crippen molar-refractivity contribution in [3.05, 3.63) is 29.3 Å². The van der Waals surface area contributed by atoms with Crippen molar-refractivity contribution in [2.24, 2.45) is 0 Å². The van der Waals surface area contributed by atoms with Crippen molar-refractivity contribution < 1.29 is 24.5 Å². The van der Waals surface area contributed by atoms with Crippen molar-refractivity contribution in [3.63, 3.8) is 0 Å². The van der Waals surface area contributed by atoms with Gasteiger partial charge in [0.25, 0.3) is 0 Å². The summed E-state index contributed by atoms with van der Waals surface area (Å²) in [5.41, 5.74) is 0.653. The molecule has 0 saturated heterocycles. The van der Waals surface area contributed by atoms with E-state index in [2.05, 4.69) is 13.8 Å². The molecule has 27 heavy (non-hydrogen) atoms. The van der Waals surface area contributed by atoms with Crippen LogP contribution in [0.4, 0.5) is 0 Å². The maximum atomic E-state index is 11.5. The number of hydrogen-bond acceptors (Lipinski definition) is 4. The van der Waals surface area contributed by atoms with E-state index in [1.54, 1.807) is 0 Å². The molecule has 0 heterocycles. The molecule has 0 aliphatic carbocycles. The predicted molar refractivity (Wildman–Crippen MR) is 107 cm³/mol. The van der Waals surface area contributed by atoms with Crippen molar-refractivity contribution in [3.8, 4) is 5.75 Å². The third-order valence-electron chi connectivity index (χ3n) is 4.63. The number of carboxylic acids is 1. The second-order valence-corrected chi connectivity index (χ2v) is 6.97. The molecule has 0 spiro atoms. The minimum Gasteiger partial charge on any atom is -0.508 e. The Labute approximate surface area is 163 Å². The number of aromatic carboxylic acids is 1. The number of phenols is 1. The van der Waals surface area contributed by atoms with Crippen LogP contribution in [-0.2, 0) is 9.47 Å². The van der Waals surface area contributed by atoms with E-state index in [0.717, 1.165) is 25.7 Å². The van der Waals surface area contributed by atoms with Gasteiger partial charge >= 0.3 is 5.97 Å². The molecule has 1 rings (SSSR count). The maximum Gasteiger partial charge on any atom is 0.336 e. The second kappa shape index (κ2) is 13.6. The van der Waals surface area contributed by atoms with E-state index in [1.165, 1.54) is 43.9 Å². The van der Waals surface area contributed by atoms with Crippen LogP contribution in [0.15, 0.2) is 18.2 Å². The highest BCUT2D eigenvalue weighted by molar-refractivity contribution is 5.89. The molecule has 2 unspecified atom stereocenters. The Kier molecular flexibility index (Phi) is 11.8. The lowest BCUT2D eigenvalue weighted by atomic mass is 10.00. The van der Waals surface area contributed by atoms with E-state index in [-0.39, 0.29) is 17.6 Å². The van der Waals surface area contributed by atoms with Crippen LogP contribution in [-0.4, -0.2) is 29.1 Å². The van der Waals surface area contributed by atoms with Crippen LogP contribution in [0.5, 0.6) is 5.75 Å². The van der Waals surface area contributed by atoms with Crippen LogP contribution in [0.25, 0.3) is 0 Å². The first-order valence-corrected chi connectivity index (χ1v) is 10.4. The molecular formula is C22H36O5. The van der Waals surface area contributed by atoms with Gasteiger partial charge in [-0.05, 0) is 43.0 Å². The van der Waals surface area contributed by atoms with Gasteiger partial charge < -0.3 is 19.7 Å². The lowest BCUT2D eigenvalue weighted by Gasteiger charge is -2.25. The number of rotatable bonds is 15. The van der Waals surface area contributed by atoms with E-state index in [1.807, 2.05) is 6.92 Å². The standard InChI is InChI=1S/C22H36O5/c1-4-7-8-9-10-11-15-26-21(12-5-2)27-20(6-3)19-16-17(23)13-14-18(19)22(24)25/h13-14,16,20-21,23H,4-12,15H2,1-3H3,(H,24,25). The Hall–Kier alpha value is -1.59. The van der Waals surface area contributed by atoms with Gasteiger partial charge in [-0.15, -0.1) is 0 Å². The Bertz CT molecular complexity index is 544.